The van der Waals surface area contributed by atoms with Gasteiger partial charge in [0.1, 0.15) is 11.5 Å². The Morgan fingerprint density at radius 1 is 1.38 bits per heavy atom. The van der Waals surface area contributed by atoms with Gasteiger partial charge in [-0.3, -0.25) is 9.48 Å². The number of carbonyl (C=O) groups excluding carboxylic acids is 1. The molecule has 1 aliphatic heterocycles. The van der Waals surface area contributed by atoms with E-state index in [0.717, 1.165) is 48.3 Å². The molecule has 0 spiro atoms. The Bertz CT molecular complexity index is 828. The lowest BCUT2D eigenvalue weighted by molar-refractivity contribution is 0.0932. The zero-order valence-electron chi connectivity index (χ0n) is 15.4. The van der Waals surface area contributed by atoms with E-state index in [4.69, 9.17) is 9.47 Å². The Balaban J connectivity index is 1.39. The van der Waals surface area contributed by atoms with Crippen molar-refractivity contribution in [1.29, 1.82) is 0 Å². The van der Waals surface area contributed by atoms with Crippen molar-refractivity contribution in [1.82, 2.24) is 15.1 Å². The summed E-state index contributed by atoms with van der Waals surface area (Å²) in [5, 5.41) is 7.54. The van der Waals surface area contributed by atoms with Crippen molar-refractivity contribution in [2.75, 3.05) is 20.3 Å². The molecule has 2 aromatic rings. The number of nitrogens with zero attached hydrogens (tertiary/aromatic N) is 2. The van der Waals surface area contributed by atoms with Crippen molar-refractivity contribution in [3.8, 4) is 11.5 Å². The largest absolute Gasteiger partial charge is 0.497 e. The smallest absolute Gasteiger partial charge is 0.272 e. The number of aryl methyl sites for hydroxylation is 1. The van der Waals surface area contributed by atoms with Crippen molar-refractivity contribution < 1.29 is 14.3 Å². The van der Waals surface area contributed by atoms with E-state index in [1.54, 1.807) is 7.11 Å². The van der Waals surface area contributed by atoms with Crippen LogP contribution in [0.1, 0.15) is 40.2 Å². The van der Waals surface area contributed by atoms with E-state index >= 15 is 0 Å². The van der Waals surface area contributed by atoms with E-state index in [1.807, 2.05) is 29.9 Å². The molecule has 0 unspecified atom stereocenters. The first-order valence-electron chi connectivity index (χ1n) is 9.28. The van der Waals surface area contributed by atoms with Gasteiger partial charge in [0, 0.05) is 36.8 Å². The van der Waals surface area contributed by atoms with Gasteiger partial charge in [0.2, 0.25) is 0 Å². The second-order valence-electron chi connectivity index (χ2n) is 7.17. The van der Waals surface area contributed by atoms with Gasteiger partial charge in [-0.1, -0.05) is 6.07 Å². The maximum Gasteiger partial charge on any atom is 0.272 e. The van der Waals surface area contributed by atoms with Crippen molar-refractivity contribution in [3.63, 3.8) is 0 Å². The molecule has 1 N–H and O–H groups in total. The number of ether oxygens (including phenoxy) is 2. The summed E-state index contributed by atoms with van der Waals surface area (Å²) in [6.07, 6.45) is 5.17. The van der Waals surface area contributed by atoms with Crippen molar-refractivity contribution in [3.05, 3.63) is 40.7 Å². The molecule has 26 heavy (non-hydrogen) atoms. The lowest BCUT2D eigenvalue weighted by Gasteiger charge is -2.25. The predicted octanol–water partition coefficient (Wildman–Crippen LogP) is 2.29. The number of methoxy groups -OCH3 is 1. The van der Waals surface area contributed by atoms with Gasteiger partial charge in [0.25, 0.3) is 5.91 Å². The average Bonchev–Trinajstić information content (AvgIpc) is 3.02. The molecule has 0 saturated heterocycles. The minimum Gasteiger partial charge on any atom is -0.497 e. The number of hydrogen-bond donors (Lipinski definition) is 1. The molecule has 138 valence electrons. The van der Waals surface area contributed by atoms with Crippen LogP contribution in [0.4, 0.5) is 0 Å². The van der Waals surface area contributed by atoms with Gasteiger partial charge in [0.15, 0.2) is 5.69 Å². The standard InChI is InChI=1S/C20H25N3O3/c1-23-17-6-4-3-5-16(17)19(22-23)20(24)21-11-13-9-14-7-8-15(25-2)10-18(14)26-12-13/h7-8,10,13H,3-6,9,11-12H2,1-2H3,(H,21,24)/t13-/m0/s1. The second-order valence-corrected chi connectivity index (χ2v) is 7.17. The Morgan fingerprint density at radius 2 is 2.23 bits per heavy atom. The fraction of sp³-hybridized carbons (Fsp3) is 0.500. The molecule has 1 atom stereocenters. The predicted molar refractivity (Wildman–Crippen MR) is 97.9 cm³/mol. The first kappa shape index (κ1) is 16.9. The number of rotatable bonds is 4. The molecule has 2 aliphatic rings. The molecule has 1 aliphatic carbocycles. The van der Waals surface area contributed by atoms with Crippen LogP contribution in [0.2, 0.25) is 0 Å². The van der Waals surface area contributed by atoms with Crippen molar-refractivity contribution >= 4 is 5.91 Å². The summed E-state index contributed by atoms with van der Waals surface area (Å²) in [6.45, 7) is 1.19. The molecule has 4 rings (SSSR count). The fourth-order valence-electron chi connectivity index (χ4n) is 3.95. The SMILES string of the molecule is COc1ccc2c(c1)OC[C@H](CNC(=O)c1nn(C)c3c1CCCC3)C2. The highest BCUT2D eigenvalue weighted by atomic mass is 16.5. The lowest BCUT2D eigenvalue weighted by Crippen LogP contribution is -2.35. The lowest BCUT2D eigenvalue weighted by atomic mass is 9.95. The van der Waals surface area contributed by atoms with Crippen LogP contribution in [-0.2, 0) is 26.3 Å². The first-order chi connectivity index (χ1) is 12.7. The molecule has 0 saturated carbocycles. The number of nitrogens with one attached hydrogen (secondary N) is 1. The third kappa shape index (κ3) is 3.16. The van der Waals surface area contributed by atoms with E-state index in [9.17, 15) is 4.79 Å². The van der Waals surface area contributed by atoms with Crippen molar-refractivity contribution in [2.24, 2.45) is 13.0 Å². The number of aromatic nitrogens is 2. The van der Waals surface area contributed by atoms with Crippen LogP contribution in [0.3, 0.4) is 0 Å². The van der Waals surface area contributed by atoms with Gasteiger partial charge in [-0.25, -0.2) is 0 Å². The van der Waals surface area contributed by atoms with Crippen LogP contribution >= 0.6 is 0 Å². The monoisotopic (exact) mass is 355 g/mol. The molecular weight excluding hydrogens is 330 g/mol. The highest BCUT2D eigenvalue weighted by molar-refractivity contribution is 5.94. The van der Waals surface area contributed by atoms with Gasteiger partial charge in [0.05, 0.1) is 13.7 Å². The molecule has 0 bridgehead atoms. The summed E-state index contributed by atoms with van der Waals surface area (Å²) in [5.41, 5.74) is 4.11. The minimum absolute atomic E-state index is 0.0655. The summed E-state index contributed by atoms with van der Waals surface area (Å²) < 4.78 is 13.0. The molecule has 6 heteroatoms. The summed E-state index contributed by atoms with van der Waals surface area (Å²) in [6, 6.07) is 5.91. The van der Waals surface area contributed by atoms with E-state index in [2.05, 4.69) is 10.4 Å². The molecule has 1 aromatic carbocycles. The number of amides is 1. The van der Waals surface area contributed by atoms with Crippen LogP contribution in [0.25, 0.3) is 0 Å². The van der Waals surface area contributed by atoms with Crippen LogP contribution in [0, 0.1) is 5.92 Å². The molecule has 6 nitrogen and oxygen atoms in total. The maximum atomic E-state index is 12.7. The van der Waals surface area contributed by atoms with Crippen LogP contribution < -0.4 is 14.8 Å². The summed E-state index contributed by atoms with van der Waals surface area (Å²) in [7, 11) is 3.58. The first-order valence-corrected chi connectivity index (χ1v) is 9.28. The van der Waals surface area contributed by atoms with Gasteiger partial charge in [-0.05, 0) is 43.7 Å². The van der Waals surface area contributed by atoms with Gasteiger partial charge < -0.3 is 14.8 Å². The van der Waals surface area contributed by atoms with E-state index in [1.165, 1.54) is 12.1 Å². The highest BCUT2D eigenvalue weighted by Gasteiger charge is 2.25. The van der Waals surface area contributed by atoms with Crippen LogP contribution in [-0.4, -0.2) is 35.9 Å². The minimum atomic E-state index is -0.0655. The third-order valence-electron chi connectivity index (χ3n) is 5.39. The average molecular weight is 355 g/mol. The summed E-state index contributed by atoms with van der Waals surface area (Å²) in [5.74, 6) is 1.88. The van der Waals surface area contributed by atoms with Crippen LogP contribution in [0.5, 0.6) is 11.5 Å². The maximum absolute atomic E-state index is 12.7. The van der Waals surface area contributed by atoms with E-state index < -0.39 is 0 Å². The number of fused-ring (bicyclic) bond motifs is 2. The normalized spacial score (nSPS) is 18.5. The highest BCUT2D eigenvalue weighted by Crippen LogP contribution is 2.31. The van der Waals surface area contributed by atoms with E-state index in [0.29, 0.717) is 18.8 Å². The van der Waals surface area contributed by atoms with Gasteiger partial charge in [-0.15, -0.1) is 0 Å². The molecule has 1 aromatic heterocycles. The second kappa shape index (κ2) is 7.02. The summed E-state index contributed by atoms with van der Waals surface area (Å²) in [4.78, 5) is 12.7. The van der Waals surface area contributed by atoms with Gasteiger partial charge in [-0.2, -0.15) is 5.10 Å². The molecule has 0 fully saturated rings. The zero-order valence-corrected chi connectivity index (χ0v) is 15.4. The molecule has 0 radical (unpaired) electrons. The number of benzene rings is 1. The quantitative estimate of drug-likeness (QED) is 0.914. The Hall–Kier alpha value is -2.50. The number of hydrogen-bond acceptors (Lipinski definition) is 4. The molecular formula is C20H25N3O3. The Labute approximate surface area is 153 Å². The van der Waals surface area contributed by atoms with Gasteiger partial charge >= 0.3 is 0 Å². The Kier molecular flexibility index (Phi) is 4.57. The topological polar surface area (TPSA) is 65.4 Å². The molecule has 2 heterocycles. The summed E-state index contributed by atoms with van der Waals surface area (Å²) >= 11 is 0. The zero-order chi connectivity index (χ0) is 18.1. The molecule has 1 amide bonds. The Morgan fingerprint density at radius 3 is 3.08 bits per heavy atom. The van der Waals surface area contributed by atoms with Crippen molar-refractivity contribution in [2.45, 2.75) is 32.1 Å². The number of carbonyl (C=O) groups is 1. The third-order valence-corrected chi connectivity index (χ3v) is 5.39. The van der Waals surface area contributed by atoms with E-state index in [-0.39, 0.29) is 11.8 Å². The fourth-order valence-corrected chi connectivity index (χ4v) is 3.95. The van der Waals surface area contributed by atoms with Crippen LogP contribution in [0.15, 0.2) is 18.2 Å².